The van der Waals surface area contributed by atoms with Crippen LogP contribution in [-0.4, -0.2) is 10.4 Å². The third kappa shape index (κ3) is 2.68. The lowest BCUT2D eigenvalue weighted by atomic mass is 10.0. The molecule has 7 heteroatoms. The Balaban J connectivity index is 2.09. The molecule has 1 aromatic heterocycles. The minimum atomic E-state index is -0.846. The molecule has 0 atom stereocenters. The van der Waals surface area contributed by atoms with E-state index in [0.717, 1.165) is 16.5 Å². The predicted octanol–water partition coefficient (Wildman–Crippen LogP) is 4.25. The number of nitrogens with one attached hydrogen (secondary N) is 1. The number of carbonyl (C=O) groups is 1. The fourth-order valence-corrected chi connectivity index (χ4v) is 2.94. The van der Waals surface area contributed by atoms with Gasteiger partial charge < -0.3 is 11.1 Å². The molecule has 2 aromatic carbocycles. The molecule has 0 bridgehead atoms. The van der Waals surface area contributed by atoms with Gasteiger partial charge in [0.1, 0.15) is 5.82 Å². The Morgan fingerprint density at radius 2 is 2.14 bits per heavy atom. The maximum absolute atomic E-state index is 14.0. The molecule has 0 saturated heterocycles. The minimum Gasteiger partial charge on any atom is -0.351 e. The van der Waals surface area contributed by atoms with Crippen LogP contribution in [0.15, 0.2) is 35.7 Å². The standard InChI is InChI=1S/C14H9ClFN3OS/c15-10-5-13(18-14(17)20)11(16)4-9(10)7-1-2-8-6-21-19-12(8)3-7/h1-6H,(H3,17,18,20). The minimum absolute atomic E-state index is 0.0500. The SMILES string of the molecule is NC(=O)Nc1cc(Cl)c(-c2ccc3csnc3c2)cc1F. The van der Waals surface area contributed by atoms with Crippen LogP contribution in [0.2, 0.25) is 5.02 Å². The van der Waals surface area contributed by atoms with Gasteiger partial charge in [0.25, 0.3) is 0 Å². The number of primary amides is 1. The third-order valence-electron chi connectivity index (χ3n) is 2.99. The summed E-state index contributed by atoms with van der Waals surface area (Å²) in [5.74, 6) is -0.605. The van der Waals surface area contributed by atoms with Crippen molar-refractivity contribution in [2.24, 2.45) is 5.73 Å². The van der Waals surface area contributed by atoms with Crippen molar-refractivity contribution in [2.75, 3.05) is 5.32 Å². The van der Waals surface area contributed by atoms with Crippen LogP contribution in [0.1, 0.15) is 0 Å². The van der Waals surface area contributed by atoms with Crippen molar-refractivity contribution in [1.29, 1.82) is 0 Å². The van der Waals surface area contributed by atoms with Crippen LogP contribution < -0.4 is 11.1 Å². The van der Waals surface area contributed by atoms with Crippen LogP contribution in [0.3, 0.4) is 0 Å². The van der Waals surface area contributed by atoms with Crippen molar-refractivity contribution < 1.29 is 9.18 Å². The van der Waals surface area contributed by atoms with Gasteiger partial charge in [-0.3, -0.25) is 0 Å². The largest absolute Gasteiger partial charge is 0.351 e. The molecule has 0 unspecified atom stereocenters. The molecular weight excluding hydrogens is 313 g/mol. The molecule has 0 radical (unpaired) electrons. The molecule has 4 nitrogen and oxygen atoms in total. The van der Waals surface area contributed by atoms with Crippen LogP contribution >= 0.6 is 23.1 Å². The zero-order valence-electron chi connectivity index (χ0n) is 10.6. The lowest BCUT2D eigenvalue weighted by Gasteiger charge is -2.09. The summed E-state index contributed by atoms with van der Waals surface area (Å²) >= 11 is 7.52. The summed E-state index contributed by atoms with van der Waals surface area (Å²) in [4.78, 5) is 10.8. The van der Waals surface area contributed by atoms with Gasteiger partial charge in [-0.05, 0) is 35.3 Å². The Hall–Kier alpha value is -2.18. The first kappa shape index (κ1) is 13.8. The highest BCUT2D eigenvalue weighted by Crippen LogP contribution is 2.34. The first-order valence-corrected chi connectivity index (χ1v) is 7.16. The lowest BCUT2D eigenvalue weighted by molar-refractivity contribution is 0.259. The molecule has 3 N–H and O–H groups in total. The summed E-state index contributed by atoms with van der Waals surface area (Å²) in [6.45, 7) is 0. The van der Waals surface area contributed by atoms with Crippen molar-refractivity contribution in [1.82, 2.24) is 4.37 Å². The second-order valence-electron chi connectivity index (χ2n) is 4.39. The quantitative estimate of drug-likeness (QED) is 0.741. The Labute approximate surface area is 128 Å². The summed E-state index contributed by atoms with van der Waals surface area (Å²) in [6.07, 6.45) is 0. The van der Waals surface area contributed by atoms with Gasteiger partial charge in [0.05, 0.1) is 16.2 Å². The third-order valence-corrected chi connectivity index (χ3v) is 3.96. The van der Waals surface area contributed by atoms with Gasteiger partial charge in [-0.2, -0.15) is 4.37 Å². The van der Waals surface area contributed by atoms with Gasteiger partial charge in [0.2, 0.25) is 0 Å². The van der Waals surface area contributed by atoms with Crippen LogP contribution in [0.25, 0.3) is 22.0 Å². The Kier molecular flexibility index (Phi) is 3.48. The lowest BCUT2D eigenvalue weighted by Crippen LogP contribution is -2.20. The number of urea groups is 1. The van der Waals surface area contributed by atoms with Gasteiger partial charge in [0, 0.05) is 16.3 Å². The highest BCUT2D eigenvalue weighted by Gasteiger charge is 2.12. The Morgan fingerprint density at radius 1 is 1.33 bits per heavy atom. The monoisotopic (exact) mass is 321 g/mol. The van der Waals surface area contributed by atoms with Gasteiger partial charge in [-0.25, -0.2) is 9.18 Å². The maximum Gasteiger partial charge on any atom is 0.316 e. The van der Waals surface area contributed by atoms with E-state index < -0.39 is 11.8 Å². The number of rotatable bonds is 2. The average molecular weight is 322 g/mol. The number of amides is 2. The summed E-state index contributed by atoms with van der Waals surface area (Å²) < 4.78 is 18.2. The number of nitrogens with two attached hydrogens (primary N) is 1. The van der Waals surface area contributed by atoms with E-state index in [9.17, 15) is 9.18 Å². The molecule has 0 saturated carbocycles. The molecule has 3 aromatic rings. The topological polar surface area (TPSA) is 68.0 Å². The normalized spacial score (nSPS) is 10.8. The molecular formula is C14H9ClFN3OS. The van der Waals surface area contributed by atoms with E-state index in [4.69, 9.17) is 17.3 Å². The molecule has 1 heterocycles. The molecule has 0 aliphatic carbocycles. The molecule has 106 valence electrons. The van der Waals surface area contributed by atoms with E-state index in [1.807, 2.05) is 23.6 Å². The summed E-state index contributed by atoms with van der Waals surface area (Å²) in [5.41, 5.74) is 7.03. The summed E-state index contributed by atoms with van der Waals surface area (Å²) in [5, 5.41) is 5.45. The van der Waals surface area contributed by atoms with E-state index in [-0.39, 0.29) is 5.69 Å². The number of hydrogen-bond donors (Lipinski definition) is 2. The van der Waals surface area contributed by atoms with Crippen LogP contribution in [0, 0.1) is 5.82 Å². The number of halogens is 2. The van der Waals surface area contributed by atoms with E-state index in [1.165, 1.54) is 23.7 Å². The van der Waals surface area contributed by atoms with E-state index >= 15 is 0 Å². The summed E-state index contributed by atoms with van der Waals surface area (Å²) in [6, 6.07) is 7.34. The molecule has 21 heavy (non-hydrogen) atoms. The zero-order chi connectivity index (χ0) is 15.0. The number of hydrogen-bond acceptors (Lipinski definition) is 3. The van der Waals surface area contributed by atoms with Crippen molar-refractivity contribution >= 4 is 45.8 Å². The number of nitrogens with zero attached hydrogens (tertiary/aromatic N) is 1. The molecule has 0 aliphatic rings. The van der Waals surface area contributed by atoms with E-state index in [0.29, 0.717) is 10.6 Å². The maximum atomic E-state index is 14.0. The smallest absolute Gasteiger partial charge is 0.316 e. The van der Waals surface area contributed by atoms with Crippen LogP contribution in [0.4, 0.5) is 14.9 Å². The molecule has 0 spiro atoms. The van der Waals surface area contributed by atoms with Crippen LogP contribution in [0.5, 0.6) is 0 Å². The van der Waals surface area contributed by atoms with Crippen molar-refractivity contribution in [3.8, 4) is 11.1 Å². The molecule has 3 rings (SSSR count). The molecule has 2 amide bonds. The van der Waals surface area contributed by atoms with Crippen molar-refractivity contribution in [3.05, 3.63) is 46.6 Å². The number of aromatic nitrogens is 1. The highest BCUT2D eigenvalue weighted by molar-refractivity contribution is 7.04. The van der Waals surface area contributed by atoms with Gasteiger partial charge >= 0.3 is 6.03 Å². The fourth-order valence-electron chi connectivity index (χ4n) is 2.03. The molecule has 0 fully saturated rings. The van der Waals surface area contributed by atoms with Gasteiger partial charge in [0.15, 0.2) is 0 Å². The van der Waals surface area contributed by atoms with Crippen LogP contribution in [-0.2, 0) is 0 Å². The number of anilines is 1. The highest BCUT2D eigenvalue weighted by atomic mass is 35.5. The summed E-state index contributed by atoms with van der Waals surface area (Å²) in [7, 11) is 0. The van der Waals surface area contributed by atoms with Gasteiger partial charge in [-0.1, -0.05) is 23.7 Å². The second-order valence-corrected chi connectivity index (χ2v) is 5.43. The Bertz CT molecular complexity index is 849. The van der Waals surface area contributed by atoms with Crippen molar-refractivity contribution in [3.63, 3.8) is 0 Å². The predicted molar refractivity (Wildman–Crippen MR) is 83.2 cm³/mol. The molecule has 0 aliphatic heterocycles. The Morgan fingerprint density at radius 3 is 2.90 bits per heavy atom. The second kappa shape index (κ2) is 5.31. The van der Waals surface area contributed by atoms with Crippen molar-refractivity contribution in [2.45, 2.75) is 0 Å². The average Bonchev–Trinajstić information content (AvgIpc) is 2.89. The number of fused-ring (bicyclic) bond motifs is 1. The van der Waals surface area contributed by atoms with E-state index in [1.54, 1.807) is 0 Å². The van der Waals surface area contributed by atoms with E-state index in [2.05, 4.69) is 9.69 Å². The number of benzene rings is 2. The zero-order valence-corrected chi connectivity index (χ0v) is 12.1. The fraction of sp³-hybridized carbons (Fsp3) is 0. The first-order chi connectivity index (χ1) is 10.0. The number of carbonyl (C=O) groups excluding carboxylic acids is 1. The first-order valence-electron chi connectivity index (χ1n) is 5.94. The van der Waals surface area contributed by atoms with Gasteiger partial charge in [-0.15, -0.1) is 0 Å².